The van der Waals surface area contributed by atoms with Gasteiger partial charge in [-0.3, -0.25) is 0 Å². The van der Waals surface area contributed by atoms with E-state index >= 15 is 0 Å². The van der Waals surface area contributed by atoms with Gasteiger partial charge < -0.3 is 9.64 Å². The molecular weight excluding hydrogens is 322 g/mol. The molecule has 0 aromatic heterocycles. The van der Waals surface area contributed by atoms with Crippen molar-refractivity contribution in [1.82, 2.24) is 9.74 Å². The molecule has 0 heterocycles. The summed E-state index contributed by atoms with van der Waals surface area (Å²) in [6.45, 7) is 1.07. The smallest absolute Gasteiger partial charge is 0.137 e. The van der Waals surface area contributed by atoms with Gasteiger partial charge in [0, 0.05) is 6.04 Å². The van der Waals surface area contributed by atoms with Gasteiger partial charge in [0.2, 0.25) is 0 Å². The summed E-state index contributed by atoms with van der Waals surface area (Å²) >= 11 is 5.68. The molecule has 4 nitrogen and oxygen atoms in total. The Morgan fingerprint density at radius 2 is 2.08 bits per heavy atom. The van der Waals surface area contributed by atoms with Gasteiger partial charge in [0.05, 0.1) is 11.7 Å². The van der Waals surface area contributed by atoms with Gasteiger partial charge in [-0.1, -0.05) is 6.07 Å². The van der Waals surface area contributed by atoms with Crippen molar-refractivity contribution in [2.24, 2.45) is 5.41 Å². The van der Waals surface area contributed by atoms with E-state index in [1.807, 2.05) is 12.1 Å². The Bertz CT molecular complexity index is 612. The highest BCUT2D eigenvalue weighted by Gasteiger charge is 2.53. The molecule has 0 amide bonds. The van der Waals surface area contributed by atoms with Crippen LogP contribution in [0.2, 0.25) is 0 Å². The fourth-order valence-corrected chi connectivity index (χ4v) is 4.23. The SMILES string of the molecule is CN(C)CCCc1ccc(C#N)c(OC2CC3(CC(NCl)C3)C2)c1. The Morgan fingerprint density at radius 3 is 2.71 bits per heavy atom. The molecule has 24 heavy (non-hydrogen) atoms. The van der Waals surface area contributed by atoms with Gasteiger partial charge >= 0.3 is 0 Å². The van der Waals surface area contributed by atoms with Crippen molar-refractivity contribution in [1.29, 1.82) is 5.26 Å². The summed E-state index contributed by atoms with van der Waals surface area (Å²) in [7, 11) is 4.18. The van der Waals surface area contributed by atoms with E-state index in [0.717, 1.165) is 50.8 Å². The molecule has 0 aliphatic heterocycles. The van der Waals surface area contributed by atoms with E-state index in [1.165, 1.54) is 5.56 Å². The summed E-state index contributed by atoms with van der Waals surface area (Å²) in [6, 6.07) is 8.72. The molecule has 0 atom stereocenters. The van der Waals surface area contributed by atoms with E-state index in [0.29, 0.717) is 17.0 Å². The Hall–Kier alpha value is -1.28. The summed E-state index contributed by atoms with van der Waals surface area (Å²) in [5.41, 5.74) is 2.32. The topological polar surface area (TPSA) is 48.3 Å². The lowest BCUT2D eigenvalue weighted by atomic mass is 9.53. The lowest BCUT2D eigenvalue weighted by Crippen LogP contribution is -2.56. The first-order chi connectivity index (χ1) is 11.5. The van der Waals surface area contributed by atoms with Crippen LogP contribution in [0.5, 0.6) is 5.75 Å². The van der Waals surface area contributed by atoms with E-state index in [4.69, 9.17) is 16.5 Å². The monoisotopic (exact) mass is 347 g/mol. The first kappa shape index (κ1) is 17.5. The zero-order chi connectivity index (χ0) is 17.2. The van der Waals surface area contributed by atoms with Crippen molar-refractivity contribution < 1.29 is 4.74 Å². The molecule has 0 bridgehead atoms. The van der Waals surface area contributed by atoms with Crippen LogP contribution in [0, 0.1) is 16.7 Å². The molecule has 1 aromatic carbocycles. The number of hydrogen-bond acceptors (Lipinski definition) is 4. The lowest BCUT2D eigenvalue weighted by Gasteiger charge is -2.56. The van der Waals surface area contributed by atoms with Gasteiger partial charge in [-0.2, -0.15) is 5.26 Å². The van der Waals surface area contributed by atoms with Crippen molar-refractivity contribution in [3.05, 3.63) is 29.3 Å². The Kier molecular flexibility index (Phi) is 5.34. The number of rotatable bonds is 7. The largest absolute Gasteiger partial charge is 0.489 e. The summed E-state index contributed by atoms with van der Waals surface area (Å²) in [5, 5.41) is 9.33. The third-order valence-corrected chi connectivity index (χ3v) is 5.67. The molecule has 130 valence electrons. The average molecular weight is 348 g/mol. The molecule has 0 saturated heterocycles. The summed E-state index contributed by atoms with van der Waals surface area (Å²) in [5.74, 6) is 0.756. The molecule has 0 radical (unpaired) electrons. The number of halogens is 1. The van der Waals surface area contributed by atoms with E-state index in [2.05, 4.69) is 36.0 Å². The molecule has 1 spiro atoms. The van der Waals surface area contributed by atoms with Crippen LogP contribution in [0.3, 0.4) is 0 Å². The molecule has 2 aliphatic carbocycles. The fourth-order valence-electron chi connectivity index (χ4n) is 4.08. The number of nitriles is 1. The van der Waals surface area contributed by atoms with E-state index in [9.17, 15) is 5.26 Å². The minimum atomic E-state index is 0.241. The van der Waals surface area contributed by atoms with Gasteiger partial charge in [0.25, 0.3) is 0 Å². The van der Waals surface area contributed by atoms with Crippen molar-refractivity contribution in [3.8, 4) is 11.8 Å². The molecular formula is C19H26ClN3O. The number of nitrogens with zero attached hydrogens (tertiary/aromatic N) is 2. The molecule has 3 rings (SSSR count). The van der Waals surface area contributed by atoms with Crippen molar-refractivity contribution in [3.63, 3.8) is 0 Å². The second-order valence-corrected chi connectivity index (χ2v) is 7.93. The zero-order valence-electron chi connectivity index (χ0n) is 14.5. The van der Waals surface area contributed by atoms with Crippen LogP contribution < -0.4 is 9.57 Å². The van der Waals surface area contributed by atoms with Crippen LogP contribution in [0.15, 0.2) is 18.2 Å². The van der Waals surface area contributed by atoms with Gasteiger partial charge in [0.15, 0.2) is 0 Å². The summed E-state index contributed by atoms with van der Waals surface area (Å²) < 4.78 is 6.15. The van der Waals surface area contributed by atoms with Crippen LogP contribution in [-0.2, 0) is 6.42 Å². The van der Waals surface area contributed by atoms with Gasteiger partial charge in [0.1, 0.15) is 11.8 Å². The maximum Gasteiger partial charge on any atom is 0.137 e. The van der Waals surface area contributed by atoms with E-state index in [1.54, 1.807) is 0 Å². The quantitative estimate of drug-likeness (QED) is 0.767. The molecule has 2 aliphatic rings. The van der Waals surface area contributed by atoms with Crippen molar-refractivity contribution in [2.75, 3.05) is 20.6 Å². The maximum absolute atomic E-state index is 9.33. The van der Waals surface area contributed by atoms with Crippen LogP contribution >= 0.6 is 11.8 Å². The van der Waals surface area contributed by atoms with Gasteiger partial charge in [-0.25, -0.2) is 4.84 Å². The molecule has 1 N–H and O–H groups in total. The molecule has 2 fully saturated rings. The second-order valence-electron chi connectivity index (χ2n) is 7.71. The number of hydrogen-bond donors (Lipinski definition) is 1. The summed E-state index contributed by atoms with van der Waals surface area (Å²) in [4.78, 5) is 5.02. The predicted octanol–water partition coefficient (Wildman–Crippen LogP) is 3.49. The van der Waals surface area contributed by atoms with Crippen LogP contribution in [0.1, 0.15) is 43.2 Å². The molecule has 5 heteroatoms. The maximum atomic E-state index is 9.33. The number of benzene rings is 1. The van der Waals surface area contributed by atoms with E-state index < -0.39 is 0 Å². The van der Waals surface area contributed by atoms with Gasteiger partial charge in [-0.15, -0.1) is 0 Å². The Balaban J connectivity index is 1.55. The number of ether oxygens (including phenoxy) is 1. The average Bonchev–Trinajstić information content (AvgIpc) is 2.48. The van der Waals surface area contributed by atoms with Crippen molar-refractivity contribution >= 4 is 11.8 Å². The van der Waals surface area contributed by atoms with Crippen LogP contribution in [0.25, 0.3) is 0 Å². The third kappa shape index (κ3) is 3.85. The van der Waals surface area contributed by atoms with Gasteiger partial charge in [-0.05, 0) is 94.1 Å². The highest BCUT2D eigenvalue weighted by Crippen LogP contribution is 2.57. The van der Waals surface area contributed by atoms with Crippen molar-refractivity contribution in [2.45, 2.75) is 50.7 Å². The first-order valence-electron chi connectivity index (χ1n) is 8.74. The normalized spacial score (nSPS) is 28.3. The third-order valence-electron chi connectivity index (χ3n) is 5.37. The Morgan fingerprint density at radius 1 is 1.33 bits per heavy atom. The van der Waals surface area contributed by atoms with Crippen LogP contribution in [0.4, 0.5) is 0 Å². The zero-order valence-corrected chi connectivity index (χ0v) is 15.3. The minimum absolute atomic E-state index is 0.241. The Labute approximate surface area is 149 Å². The van der Waals surface area contributed by atoms with E-state index in [-0.39, 0.29) is 6.10 Å². The fraction of sp³-hybridized carbons (Fsp3) is 0.632. The lowest BCUT2D eigenvalue weighted by molar-refractivity contribution is -0.0813. The van der Waals surface area contributed by atoms with Crippen LogP contribution in [-0.4, -0.2) is 37.7 Å². The second kappa shape index (κ2) is 7.31. The number of nitrogens with one attached hydrogen (secondary N) is 1. The number of aryl methyl sites for hydroxylation is 1. The first-order valence-corrected chi connectivity index (χ1v) is 9.12. The molecule has 1 aromatic rings. The standard InChI is InChI=1S/C19H26ClN3O/c1-23(2)7-3-4-14-5-6-15(13-21)18(8-14)24-17-11-19(12-17)9-16(10-19)22-20/h5-6,8,16-17,22H,3-4,7,9-12H2,1-2H3. The summed E-state index contributed by atoms with van der Waals surface area (Å²) in [6.07, 6.45) is 6.81. The highest BCUT2D eigenvalue weighted by atomic mass is 35.5. The molecule has 0 unspecified atom stereocenters. The molecule has 2 saturated carbocycles. The predicted molar refractivity (Wildman–Crippen MR) is 96.1 cm³/mol. The highest BCUT2D eigenvalue weighted by molar-refractivity contribution is 6.13. The minimum Gasteiger partial charge on any atom is -0.489 e.